The number of aromatic nitrogens is 1. The molecule has 20 heavy (non-hydrogen) atoms. The molecule has 0 radical (unpaired) electrons. The molecule has 1 aliphatic carbocycles. The summed E-state index contributed by atoms with van der Waals surface area (Å²) in [4.78, 5) is 29.7. The summed E-state index contributed by atoms with van der Waals surface area (Å²) in [6.45, 7) is 4.38. The summed E-state index contributed by atoms with van der Waals surface area (Å²) in [5.41, 5.74) is 0.862. The van der Waals surface area contributed by atoms with Crippen molar-refractivity contribution in [2.24, 2.45) is 17.8 Å². The van der Waals surface area contributed by atoms with Gasteiger partial charge in [0.1, 0.15) is 0 Å². The van der Waals surface area contributed by atoms with Crippen molar-refractivity contribution in [2.75, 3.05) is 7.05 Å². The molecule has 1 fully saturated rings. The number of aliphatic carboxylic acids is 1. The minimum Gasteiger partial charge on any atom is -0.481 e. The fourth-order valence-electron chi connectivity index (χ4n) is 2.92. The zero-order chi connectivity index (χ0) is 14.9. The van der Waals surface area contributed by atoms with E-state index in [-0.39, 0.29) is 5.91 Å². The first kappa shape index (κ1) is 15.0. The molecule has 6 heteroatoms. The topological polar surface area (TPSA) is 70.5 Å². The third-order valence-corrected chi connectivity index (χ3v) is 4.70. The second-order valence-corrected chi connectivity index (χ2v) is 6.74. The summed E-state index contributed by atoms with van der Waals surface area (Å²) in [7, 11) is 1.72. The lowest BCUT2D eigenvalue weighted by molar-refractivity contribution is -0.148. The van der Waals surface area contributed by atoms with Crippen molar-refractivity contribution in [3.8, 4) is 0 Å². The Kier molecular flexibility index (Phi) is 4.42. The van der Waals surface area contributed by atoms with E-state index in [1.54, 1.807) is 23.3 Å². The predicted molar refractivity (Wildman–Crippen MR) is 76.3 cm³/mol. The minimum absolute atomic E-state index is 0.0765. The van der Waals surface area contributed by atoms with Gasteiger partial charge in [-0.15, -0.1) is 11.3 Å². The normalized spacial score (nSPS) is 25.6. The van der Waals surface area contributed by atoms with Crippen LogP contribution in [0.4, 0.5) is 0 Å². The van der Waals surface area contributed by atoms with Crippen molar-refractivity contribution in [3.05, 3.63) is 16.1 Å². The monoisotopic (exact) mass is 296 g/mol. The third-order valence-electron chi connectivity index (χ3n) is 3.87. The lowest BCUT2D eigenvalue weighted by atomic mass is 9.95. The van der Waals surface area contributed by atoms with Gasteiger partial charge in [-0.25, -0.2) is 4.98 Å². The number of aryl methyl sites for hydroxylation is 1. The second-order valence-electron chi connectivity index (χ2n) is 5.68. The van der Waals surface area contributed by atoms with Crippen LogP contribution < -0.4 is 0 Å². The fourth-order valence-corrected chi connectivity index (χ4v) is 3.53. The van der Waals surface area contributed by atoms with Gasteiger partial charge >= 0.3 is 5.97 Å². The summed E-state index contributed by atoms with van der Waals surface area (Å²) in [5, 5.41) is 12.2. The molecular formula is C14H20N2O3S. The molecule has 110 valence electrons. The molecule has 1 N–H and O–H groups in total. The SMILES string of the molecule is Cc1nc(CN(C)C(=O)C2CC(C)CC2C(=O)O)cs1. The average Bonchev–Trinajstić information content (AvgIpc) is 2.94. The van der Waals surface area contributed by atoms with Crippen LogP contribution in [0.15, 0.2) is 5.38 Å². The molecule has 0 aromatic carbocycles. The molecule has 0 bridgehead atoms. The average molecular weight is 296 g/mol. The van der Waals surface area contributed by atoms with Crippen molar-refractivity contribution in [2.45, 2.75) is 33.2 Å². The highest BCUT2D eigenvalue weighted by Crippen LogP contribution is 2.37. The van der Waals surface area contributed by atoms with Crippen LogP contribution in [0.5, 0.6) is 0 Å². The summed E-state index contributed by atoms with van der Waals surface area (Å²) in [6, 6.07) is 0. The summed E-state index contributed by atoms with van der Waals surface area (Å²) >= 11 is 1.55. The van der Waals surface area contributed by atoms with Gasteiger partial charge in [0, 0.05) is 12.4 Å². The first-order valence-electron chi connectivity index (χ1n) is 6.77. The number of carboxylic acid groups (broad SMARTS) is 1. The molecule has 5 nitrogen and oxygen atoms in total. The third kappa shape index (κ3) is 3.17. The van der Waals surface area contributed by atoms with Gasteiger partial charge < -0.3 is 10.0 Å². The van der Waals surface area contributed by atoms with Crippen LogP contribution in [0.25, 0.3) is 0 Å². The Morgan fingerprint density at radius 3 is 2.65 bits per heavy atom. The quantitative estimate of drug-likeness (QED) is 0.924. The molecular weight excluding hydrogens is 276 g/mol. The molecule has 3 unspecified atom stereocenters. The maximum atomic E-state index is 12.5. The van der Waals surface area contributed by atoms with Gasteiger partial charge in [-0.3, -0.25) is 9.59 Å². The maximum absolute atomic E-state index is 12.5. The van der Waals surface area contributed by atoms with Crippen molar-refractivity contribution >= 4 is 23.2 Å². The van der Waals surface area contributed by atoms with Gasteiger partial charge in [-0.05, 0) is 25.7 Å². The number of nitrogens with zero attached hydrogens (tertiary/aromatic N) is 2. The molecule has 2 rings (SSSR count). The Labute approximate surface area is 122 Å². The number of amides is 1. The van der Waals surface area contributed by atoms with Gasteiger partial charge in [0.2, 0.25) is 5.91 Å². The molecule has 0 aliphatic heterocycles. The van der Waals surface area contributed by atoms with E-state index in [1.807, 2.05) is 19.2 Å². The molecule has 0 saturated heterocycles. The van der Waals surface area contributed by atoms with Crippen LogP contribution in [-0.2, 0) is 16.1 Å². The highest BCUT2D eigenvalue weighted by atomic mass is 32.1. The van der Waals surface area contributed by atoms with E-state index in [2.05, 4.69) is 4.98 Å². The Hall–Kier alpha value is -1.43. The summed E-state index contributed by atoms with van der Waals surface area (Å²) in [5.74, 6) is -1.58. The molecule has 1 amide bonds. The molecule has 1 saturated carbocycles. The number of carbonyl (C=O) groups is 2. The summed E-state index contributed by atoms with van der Waals surface area (Å²) < 4.78 is 0. The van der Waals surface area contributed by atoms with Crippen molar-refractivity contribution in [3.63, 3.8) is 0 Å². The minimum atomic E-state index is -0.856. The van der Waals surface area contributed by atoms with Gasteiger partial charge in [0.15, 0.2) is 0 Å². The van der Waals surface area contributed by atoms with E-state index in [1.165, 1.54) is 0 Å². The molecule has 3 atom stereocenters. The van der Waals surface area contributed by atoms with Crippen LogP contribution in [0, 0.1) is 24.7 Å². The smallest absolute Gasteiger partial charge is 0.307 e. The maximum Gasteiger partial charge on any atom is 0.307 e. The van der Waals surface area contributed by atoms with Gasteiger partial charge in [-0.1, -0.05) is 6.92 Å². The zero-order valence-electron chi connectivity index (χ0n) is 12.0. The standard InChI is InChI=1S/C14H20N2O3S/c1-8-4-11(12(5-8)14(18)19)13(17)16(3)6-10-7-20-9(2)15-10/h7-8,11-12H,4-6H2,1-3H3,(H,18,19). The van der Waals surface area contributed by atoms with Crippen LogP contribution in [0.2, 0.25) is 0 Å². The van der Waals surface area contributed by atoms with E-state index < -0.39 is 17.8 Å². The Morgan fingerprint density at radius 2 is 2.10 bits per heavy atom. The number of carboxylic acids is 1. The van der Waals surface area contributed by atoms with Gasteiger partial charge in [-0.2, -0.15) is 0 Å². The Balaban J connectivity index is 2.04. The second kappa shape index (κ2) is 5.91. The molecule has 1 aliphatic rings. The zero-order valence-corrected chi connectivity index (χ0v) is 12.8. The predicted octanol–water partition coefficient (Wildman–Crippen LogP) is 2.16. The largest absolute Gasteiger partial charge is 0.481 e. The number of hydrogen-bond acceptors (Lipinski definition) is 4. The van der Waals surface area contributed by atoms with E-state index in [9.17, 15) is 14.7 Å². The highest BCUT2D eigenvalue weighted by Gasteiger charge is 2.42. The van der Waals surface area contributed by atoms with Crippen LogP contribution >= 0.6 is 11.3 Å². The van der Waals surface area contributed by atoms with Crippen LogP contribution in [0.1, 0.15) is 30.5 Å². The van der Waals surface area contributed by atoms with E-state index in [4.69, 9.17) is 0 Å². The van der Waals surface area contributed by atoms with E-state index in [0.717, 1.165) is 10.7 Å². The lowest BCUT2D eigenvalue weighted by Crippen LogP contribution is -2.36. The lowest BCUT2D eigenvalue weighted by Gasteiger charge is -2.22. The molecule has 1 aromatic heterocycles. The van der Waals surface area contributed by atoms with Crippen molar-refractivity contribution in [1.29, 1.82) is 0 Å². The van der Waals surface area contributed by atoms with Crippen LogP contribution in [-0.4, -0.2) is 33.9 Å². The number of thiazole rings is 1. The van der Waals surface area contributed by atoms with Crippen molar-refractivity contribution in [1.82, 2.24) is 9.88 Å². The summed E-state index contributed by atoms with van der Waals surface area (Å²) in [6.07, 6.45) is 1.26. The van der Waals surface area contributed by atoms with Gasteiger partial charge in [0.25, 0.3) is 0 Å². The van der Waals surface area contributed by atoms with Crippen molar-refractivity contribution < 1.29 is 14.7 Å². The number of carbonyl (C=O) groups excluding carboxylic acids is 1. The molecule has 0 spiro atoms. The molecule has 1 aromatic rings. The molecule has 1 heterocycles. The van der Waals surface area contributed by atoms with E-state index >= 15 is 0 Å². The number of rotatable bonds is 4. The Bertz CT molecular complexity index is 514. The Morgan fingerprint density at radius 1 is 1.45 bits per heavy atom. The van der Waals surface area contributed by atoms with E-state index in [0.29, 0.717) is 25.3 Å². The first-order chi connectivity index (χ1) is 9.38. The number of hydrogen-bond donors (Lipinski definition) is 1. The van der Waals surface area contributed by atoms with Gasteiger partial charge in [0.05, 0.1) is 29.1 Å². The van der Waals surface area contributed by atoms with Crippen LogP contribution in [0.3, 0.4) is 0 Å². The highest BCUT2D eigenvalue weighted by molar-refractivity contribution is 7.09. The fraction of sp³-hybridized carbons (Fsp3) is 0.643. The first-order valence-corrected chi connectivity index (χ1v) is 7.65.